The average Bonchev–Trinajstić information content (AvgIpc) is 2.97. The number of fused-ring (bicyclic) bond motifs is 1. The maximum atomic E-state index is 10.2. The van der Waals surface area contributed by atoms with Crippen molar-refractivity contribution in [2.45, 2.75) is 24.5 Å². The van der Waals surface area contributed by atoms with Crippen LogP contribution in [-0.4, -0.2) is 55.1 Å². The molecule has 108 valence electrons. The highest BCUT2D eigenvalue weighted by molar-refractivity contribution is 7.98. The van der Waals surface area contributed by atoms with Crippen molar-refractivity contribution in [3.05, 3.63) is 18.6 Å². The van der Waals surface area contributed by atoms with Gasteiger partial charge in [0.1, 0.15) is 30.0 Å². The Morgan fingerprint density at radius 3 is 2.95 bits per heavy atom. The molecule has 0 amide bonds. The number of anilines is 1. The second-order valence-corrected chi connectivity index (χ2v) is 5.63. The molecule has 4 atom stereocenters. The smallest absolute Gasteiger partial charge is 0.164 e. The first-order valence-corrected chi connectivity index (χ1v) is 7.60. The Bertz CT molecular complexity index is 620. The van der Waals surface area contributed by atoms with E-state index in [2.05, 4.69) is 9.97 Å². The zero-order chi connectivity index (χ0) is 14.3. The van der Waals surface area contributed by atoms with E-state index in [4.69, 9.17) is 10.5 Å². The summed E-state index contributed by atoms with van der Waals surface area (Å²) in [5.74, 6) is 0.993. The van der Waals surface area contributed by atoms with Crippen molar-refractivity contribution >= 4 is 28.6 Å². The largest absolute Gasteiger partial charge is 0.387 e. The highest BCUT2D eigenvalue weighted by Gasteiger charge is 2.43. The molecule has 0 radical (unpaired) electrons. The Morgan fingerprint density at radius 2 is 2.20 bits per heavy atom. The van der Waals surface area contributed by atoms with Crippen LogP contribution in [0.3, 0.4) is 0 Å². The van der Waals surface area contributed by atoms with Crippen molar-refractivity contribution < 1.29 is 14.9 Å². The van der Waals surface area contributed by atoms with Gasteiger partial charge in [-0.3, -0.25) is 0 Å². The van der Waals surface area contributed by atoms with Gasteiger partial charge in [-0.05, 0) is 12.3 Å². The van der Waals surface area contributed by atoms with Gasteiger partial charge in [-0.15, -0.1) is 0 Å². The molecule has 0 bridgehead atoms. The third-order valence-electron chi connectivity index (χ3n) is 3.48. The van der Waals surface area contributed by atoms with Gasteiger partial charge in [0.25, 0.3) is 0 Å². The Morgan fingerprint density at radius 1 is 1.40 bits per heavy atom. The highest BCUT2D eigenvalue weighted by Crippen LogP contribution is 2.33. The SMILES string of the molecule is CSCC1OC(n2ccc3c(N)ncnc32)C(O)C1O. The molecule has 0 spiro atoms. The quantitative estimate of drug-likeness (QED) is 0.731. The average molecular weight is 296 g/mol. The topological polar surface area (TPSA) is 106 Å². The van der Waals surface area contributed by atoms with Gasteiger partial charge in [0.05, 0.1) is 11.5 Å². The Hall–Kier alpha value is -1.35. The van der Waals surface area contributed by atoms with Crippen LogP contribution in [0.4, 0.5) is 5.82 Å². The van der Waals surface area contributed by atoms with E-state index < -0.39 is 24.5 Å². The minimum absolute atomic E-state index is 0.377. The van der Waals surface area contributed by atoms with Gasteiger partial charge in [-0.1, -0.05) is 0 Å². The summed E-state index contributed by atoms with van der Waals surface area (Å²) in [5, 5.41) is 20.9. The molecule has 7 nitrogen and oxygen atoms in total. The monoisotopic (exact) mass is 296 g/mol. The predicted molar refractivity (Wildman–Crippen MR) is 76.2 cm³/mol. The molecular formula is C12H16N4O3S. The number of nitrogens with two attached hydrogens (primary N) is 1. The number of aliphatic hydroxyl groups is 2. The Balaban J connectivity index is 1.97. The summed E-state index contributed by atoms with van der Waals surface area (Å²) in [4.78, 5) is 8.09. The van der Waals surface area contributed by atoms with Crippen molar-refractivity contribution in [1.82, 2.24) is 14.5 Å². The lowest BCUT2D eigenvalue weighted by Gasteiger charge is -2.17. The van der Waals surface area contributed by atoms with Gasteiger partial charge in [0.15, 0.2) is 6.23 Å². The van der Waals surface area contributed by atoms with Crippen LogP contribution in [0.15, 0.2) is 18.6 Å². The number of hydrogen-bond donors (Lipinski definition) is 3. The molecule has 1 aliphatic rings. The van der Waals surface area contributed by atoms with Crippen LogP contribution in [-0.2, 0) is 4.74 Å². The van der Waals surface area contributed by atoms with Crippen molar-refractivity contribution in [2.24, 2.45) is 0 Å². The maximum absolute atomic E-state index is 10.2. The number of aromatic nitrogens is 3. The van der Waals surface area contributed by atoms with Crippen LogP contribution in [0.5, 0.6) is 0 Å². The lowest BCUT2D eigenvalue weighted by atomic mass is 10.1. The standard InChI is InChI=1S/C12H16N4O3S/c1-20-4-7-8(17)9(18)12(19-7)16-3-2-6-10(13)14-5-15-11(6)16/h2-3,5,7-9,12,17-18H,4H2,1H3,(H2,13,14,15). The normalized spacial score (nSPS) is 30.1. The van der Waals surface area contributed by atoms with Gasteiger partial charge < -0.3 is 25.3 Å². The minimum atomic E-state index is -1.00. The summed E-state index contributed by atoms with van der Waals surface area (Å²) in [6.45, 7) is 0. The van der Waals surface area contributed by atoms with Crippen LogP contribution in [0.1, 0.15) is 6.23 Å². The molecule has 2 aromatic rings. The van der Waals surface area contributed by atoms with Gasteiger partial charge in [0.2, 0.25) is 0 Å². The first-order chi connectivity index (χ1) is 9.63. The van der Waals surface area contributed by atoms with Crippen LogP contribution in [0.2, 0.25) is 0 Å². The van der Waals surface area contributed by atoms with E-state index >= 15 is 0 Å². The van der Waals surface area contributed by atoms with E-state index in [1.54, 1.807) is 28.6 Å². The number of hydrogen-bond acceptors (Lipinski definition) is 7. The highest BCUT2D eigenvalue weighted by atomic mass is 32.2. The zero-order valence-corrected chi connectivity index (χ0v) is 11.7. The summed E-state index contributed by atoms with van der Waals surface area (Å²) in [5.41, 5.74) is 6.37. The lowest BCUT2D eigenvalue weighted by Crippen LogP contribution is -2.32. The van der Waals surface area contributed by atoms with E-state index in [1.807, 2.05) is 6.26 Å². The lowest BCUT2D eigenvalue weighted by molar-refractivity contribution is -0.0285. The molecule has 3 rings (SSSR count). The number of aliphatic hydroxyl groups excluding tert-OH is 2. The zero-order valence-electron chi connectivity index (χ0n) is 10.9. The number of nitrogens with zero attached hydrogens (tertiary/aromatic N) is 3. The van der Waals surface area contributed by atoms with Crippen LogP contribution < -0.4 is 5.73 Å². The summed E-state index contributed by atoms with van der Waals surface area (Å²) < 4.78 is 7.44. The maximum Gasteiger partial charge on any atom is 0.164 e. The molecule has 0 aliphatic carbocycles. The van der Waals surface area contributed by atoms with Crippen LogP contribution >= 0.6 is 11.8 Å². The fourth-order valence-electron chi connectivity index (χ4n) is 2.46. The van der Waals surface area contributed by atoms with E-state index in [0.717, 1.165) is 0 Å². The summed E-state index contributed by atoms with van der Waals surface area (Å²) in [7, 11) is 0. The molecule has 1 aliphatic heterocycles. The number of rotatable bonds is 3. The van der Waals surface area contributed by atoms with E-state index in [9.17, 15) is 10.2 Å². The number of nitrogen functional groups attached to an aromatic ring is 1. The van der Waals surface area contributed by atoms with E-state index in [1.165, 1.54) is 6.33 Å². The van der Waals surface area contributed by atoms with Crippen molar-refractivity contribution in [3.63, 3.8) is 0 Å². The minimum Gasteiger partial charge on any atom is -0.387 e. The molecule has 0 aromatic carbocycles. The van der Waals surface area contributed by atoms with Gasteiger partial charge in [-0.25, -0.2) is 9.97 Å². The number of ether oxygens (including phenoxy) is 1. The molecule has 4 N–H and O–H groups in total. The molecule has 8 heteroatoms. The first kappa shape index (κ1) is 13.6. The van der Waals surface area contributed by atoms with E-state index in [0.29, 0.717) is 22.6 Å². The molecule has 2 aromatic heterocycles. The van der Waals surface area contributed by atoms with Gasteiger partial charge >= 0.3 is 0 Å². The van der Waals surface area contributed by atoms with Gasteiger partial charge in [0, 0.05) is 11.9 Å². The molecule has 20 heavy (non-hydrogen) atoms. The molecule has 0 saturated carbocycles. The third kappa shape index (κ3) is 2.05. The fraction of sp³-hybridized carbons (Fsp3) is 0.500. The predicted octanol–water partition coefficient (Wildman–Crippen LogP) is -0.00430. The first-order valence-electron chi connectivity index (χ1n) is 6.21. The van der Waals surface area contributed by atoms with Gasteiger partial charge in [-0.2, -0.15) is 11.8 Å². The molecule has 4 unspecified atom stereocenters. The molecule has 1 fully saturated rings. The number of thioether (sulfide) groups is 1. The summed E-state index contributed by atoms with van der Waals surface area (Å²) in [6, 6.07) is 1.77. The van der Waals surface area contributed by atoms with Crippen molar-refractivity contribution in [1.29, 1.82) is 0 Å². The molecule has 1 saturated heterocycles. The summed E-state index contributed by atoms with van der Waals surface area (Å²) in [6.07, 6.45) is 2.04. The Kier molecular flexibility index (Phi) is 3.55. The third-order valence-corrected chi connectivity index (χ3v) is 4.14. The van der Waals surface area contributed by atoms with Crippen molar-refractivity contribution in [2.75, 3.05) is 17.7 Å². The fourth-order valence-corrected chi connectivity index (χ4v) is 3.06. The van der Waals surface area contributed by atoms with Crippen molar-refractivity contribution in [3.8, 4) is 0 Å². The Labute approximate surface area is 119 Å². The second kappa shape index (κ2) is 5.21. The second-order valence-electron chi connectivity index (χ2n) is 4.72. The van der Waals surface area contributed by atoms with E-state index in [-0.39, 0.29) is 0 Å². The summed E-state index contributed by atoms with van der Waals surface area (Å²) >= 11 is 1.56. The molecule has 3 heterocycles. The van der Waals surface area contributed by atoms with Crippen LogP contribution in [0.25, 0.3) is 11.0 Å². The molecular weight excluding hydrogens is 280 g/mol. The van der Waals surface area contributed by atoms with Crippen LogP contribution in [0, 0.1) is 0 Å².